The van der Waals surface area contributed by atoms with E-state index in [0.717, 1.165) is 22.5 Å². The number of nitro benzene ring substituents is 3. The normalized spacial score (nSPS) is 11.6. The fourth-order valence-corrected chi connectivity index (χ4v) is 5.23. The zero-order valence-electron chi connectivity index (χ0n) is 23.1. The molecule has 0 N–H and O–H groups in total. The lowest BCUT2D eigenvalue weighted by Crippen LogP contribution is -2.09. The number of oxime groups is 1. The number of carbonyl (C=O) groups is 1. The highest BCUT2D eigenvalue weighted by molar-refractivity contribution is 6.18. The van der Waals surface area contributed by atoms with Gasteiger partial charge in [0.25, 0.3) is 17.1 Å². The number of hydrogen-bond acceptors (Lipinski definition) is 9. The first-order chi connectivity index (χ1) is 20.5. The Labute approximate surface area is 243 Å². The van der Waals surface area contributed by atoms with Gasteiger partial charge >= 0.3 is 5.97 Å². The number of benzene rings is 4. The van der Waals surface area contributed by atoms with E-state index in [0.29, 0.717) is 34.2 Å². The van der Waals surface area contributed by atoms with Gasteiger partial charge in [-0.2, -0.15) is 0 Å². The predicted molar refractivity (Wildman–Crippen MR) is 159 cm³/mol. The summed E-state index contributed by atoms with van der Waals surface area (Å²) in [5, 5.41) is 40.1. The Balaban J connectivity index is 1.74. The summed E-state index contributed by atoms with van der Waals surface area (Å²) in [7, 11) is 0. The van der Waals surface area contributed by atoms with Crippen molar-refractivity contribution < 1.29 is 24.4 Å². The van der Waals surface area contributed by atoms with Crippen LogP contribution in [-0.4, -0.2) is 31.0 Å². The molecule has 0 atom stereocenters. The van der Waals surface area contributed by atoms with Crippen LogP contribution in [0.15, 0.2) is 78.0 Å². The number of hydrogen-bond donors (Lipinski definition) is 0. The molecule has 0 aliphatic carbocycles. The highest BCUT2D eigenvalue weighted by Crippen LogP contribution is 2.35. The first-order valence-electron chi connectivity index (χ1n) is 13.0. The van der Waals surface area contributed by atoms with Crippen molar-refractivity contribution in [2.45, 2.75) is 27.3 Å². The van der Waals surface area contributed by atoms with Crippen LogP contribution in [0.5, 0.6) is 0 Å². The SMILES string of the molecule is CCn1c2ccc(C(=NOC(C)=O)c3cccc(-c4cc([N+](=O)[O-])cc([N+](=O)[O-])c4)c3C)cc2c2cc([N+](=O)[O-])ccc21. The van der Waals surface area contributed by atoms with Crippen molar-refractivity contribution >= 4 is 50.5 Å². The number of rotatable bonds is 8. The molecule has 4 aromatic carbocycles. The van der Waals surface area contributed by atoms with Crippen LogP contribution in [0.25, 0.3) is 32.9 Å². The predicted octanol–water partition coefficient (Wildman–Crippen LogP) is 6.83. The molecule has 0 fully saturated rings. The standard InChI is InChI=1S/C30H23N5O8/c1-4-32-28-10-8-19(14-26(28)27-16-21(33(37)38)9-11-29(27)32)30(31-43-18(3)36)25-7-5-6-24(17(25)2)20-12-22(34(39)40)15-23(13-20)35(41)42/h5-16H,4H2,1-3H3. The lowest BCUT2D eigenvalue weighted by atomic mass is 9.91. The lowest BCUT2D eigenvalue weighted by molar-refractivity contribution is -0.394. The average Bonchev–Trinajstić information content (AvgIpc) is 3.29. The Hall–Kier alpha value is -5.98. The molecule has 0 aliphatic heterocycles. The first kappa shape index (κ1) is 28.5. The van der Waals surface area contributed by atoms with E-state index in [-0.39, 0.29) is 17.0 Å². The van der Waals surface area contributed by atoms with Gasteiger partial charge in [-0.25, -0.2) is 4.79 Å². The molecule has 13 nitrogen and oxygen atoms in total. The van der Waals surface area contributed by atoms with E-state index in [4.69, 9.17) is 4.84 Å². The van der Waals surface area contributed by atoms with Gasteiger partial charge in [0, 0.05) is 70.7 Å². The van der Waals surface area contributed by atoms with Crippen LogP contribution in [0.3, 0.4) is 0 Å². The number of nitrogens with zero attached hydrogens (tertiary/aromatic N) is 5. The Morgan fingerprint density at radius 2 is 1.42 bits per heavy atom. The number of aromatic nitrogens is 1. The zero-order chi connectivity index (χ0) is 31.0. The monoisotopic (exact) mass is 581 g/mol. The molecule has 0 unspecified atom stereocenters. The van der Waals surface area contributed by atoms with Crippen LogP contribution in [0.1, 0.15) is 30.5 Å². The highest BCUT2D eigenvalue weighted by Gasteiger charge is 2.22. The number of fused-ring (bicyclic) bond motifs is 3. The maximum Gasteiger partial charge on any atom is 0.332 e. The minimum Gasteiger partial charge on any atom is -0.341 e. The molecule has 0 radical (unpaired) electrons. The second-order valence-corrected chi connectivity index (χ2v) is 9.69. The summed E-state index contributed by atoms with van der Waals surface area (Å²) in [6.45, 7) is 5.50. The topological polar surface area (TPSA) is 173 Å². The van der Waals surface area contributed by atoms with Crippen LogP contribution in [0, 0.1) is 37.3 Å². The van der Waals surface area contributed by atoms with E-state index >= 15 is 0 Å². The molecule has 0 spiro atoms. The van der Waals surface area contributed by atoms with Gasteiger partial charge in [0.1, 0.15) is 5.71 Å². The third-order valence-corrected chi connectivity index (χ3v) is 7.14. The molecule has 0 bridgehead atoms. The lowest BCUT2D eigenvalue weighted by Gasteiger charge is -2.14. The average molecular weight is 582 g/mol. The summed E-state index contributed by atoms with van der Waals surface area (Å²) in [4.78, 5) is 49.6. The van der Waals surface area contributed by atoms with Crippen LogP contribution in [-0.2, 0) is 16.2 Å². The van der Waals surface area contributed by atoms with Gasteiger partial charge in [0.15, 0.2) is 0 Å². The van der Waals surface area contributed by atoms with E-state index in [1.54, 1.807) is 43.3 Å². The van der Waals surface area contributed by atoms with Gasteiger partial charge < -0.3 is 9.40 Å². The van der Waals surface area contributed by atoms with Crippen molar-refractivity contribution in [3.63, 3.8) is 0 Å². The maximum absolute atomic E-state index is 11.8. The Kier molecular flexibility index (Phi) is 7.38. The molecule has 0 saturated carbocycles. The molecule has 43 heavy (non-hydrogen) atoms. The summed E-state index contributed by atoms with van der Waals surface area (Å²) < 4.78 is 2.03. The van der Waals surface area contributed by atoms with Crippen LogP contribution < -0.4 is 0 Å². The van der Waals surface area contributed by atoms with E-state index in [2.05, 4.69) is 5.16 Å². The van der Waals surface area contributed by atoms with E-state index in [9.17, 15) is 35.1 Å². The number of non-ortho nitro benzene ring substituents is 3. The molecule has 13 heteroatoms. The van der Waals surface area contributed by atoms with Crippen molar-refractivity contribution in [2.24, 2.45) is 5.16 Å². The van der Waals surface area contributed by atoms with Crippen LogP contribution in [0.4, 0.5) is 17.1 Å². The first-order valence-corrected chi connectivity index (χ1v) is 13.0. The van der Waals surface area contributed by atoms with Crippen molar-refractivity contribution in [1.82, 2.24) is 4.57 Å². The van der Waals surface area contributed by atoms with Crippen molar-refractivity contribution in [3.05, 3.63) is 120 Å². The molecule has 216 valence electrons. The van der Waals surface area contributed by atoms with Gasteiger partial charge in [-0.1, -0.05) is 29.4 Å². The smallest absolute Gasteiger partial charge is 0.332 e. The summed E-state index contributed by atoms with van der Waals surface area (Å²) in [5.74, 6) is -0.667. The fraction of sp³-hybridized carbons (Fsp3) is 0.133. The third kappa shape index (κ3) is 5.26. The molecule has 1 aromatic heterocycles. The van der Waals surface area contributed by atoms with E-state index in [1.165, 1.54) is 31.2 Å². The molecular weight excluding hydrogens is 558 g/mol. The van der Waals surface area contributed by atoms with E-state index in [1.807, 2.05) is 17.6 Å². The molecule has 0 amide bonds. The number of carbonyl (C=O) groups excluding carboxylic acids is 1. The molecule has 0 saturated heterocycles. The van der Waals surface area contributed by atoms with Gasteiger partial charge in [-0.05, 0) is 48.7 Å². The van der Waals surface area contributed by atoms with E-state index < -0.39 is 32.1 Å². The molecular formula is C30H23N5O8. The summed E-state index contributed by atoms with van der Waals surface area (Å²) in [6, 6.07) is 18.6. The summed E-state index contributed by atoms with van der Waals surface area (Å²) >= 11 is 0. The van der Waals surface area contributed by atoms with Gasteiger partial charge in [0.2, 0.25) is 0 Å². The van der Waals surface area contributed by atoms with Crippen molar-refractivity contribution in [2.75, 3.05) is 0 Å². The Bertz CT molecular complexity index is 2000. The second-order valence-electron chi connectivity index (χ2n) is 9.69. The second kappa shape index (κ2) is 11.1. The van der Waals surface area contributed by atoms with Crippen molar-refractivity contribution in [3.8, 4) is 11.1 Å². The zero-order valence-corrected chi connectivity index (χ0v) is 23.1. The van der Waals surface area contributed by atoms with Gasteiger partial charge in [0.05, 0.1) is 20.8 Å². The minimum atomic E-state index is -0.699. The Morgan fingerprint density at radius 3 is 2.00 bits per heavy atom. The largest absolute Gasteiger partial charge is 0.341 e. The highest BCUT2D eigenvalue weighted by atomic mass is 16.7. The van der Waals surface area contributed by atoms with Crippen LogP contribution in [0.2, 0.25) is 0 Å². The van der Waals surface area contributed by atoms with Gasteiger partial charge in [-0.3, -0.25) is 30.3 Å². The number of nitro groups is 3. The summed E-state index contributed by atoms with van der Waals surface area (Å²) in [5.41, 5.74) is 3.28. The van der Waals surface area contributed by atoms with Crippen molar-refractivity contribution in [1.29, 1.82) is 0 Å². The minimum absolute atomic E-state index is 0.0588. The third-order valence-electron chi connectivity index (χ3n) is 7.14. The molecule has 1 heterocycles. The van der Waals surface area contributed by atoms with Gasteiger partial charge in [-0.15, -0.1) is 0 Å². The Morgan fingerprint density at radius 1 is 0.814 bits per heavy atom. The quantitative estimate of drug-likeness (QED) is 0.0829. The fourth-order valence-electron chi connectivity index (χ4n) is 5.23. The number of aryl methyl sites for hydroxylation is 1. The van der Waals surface area contributed by atoms with Crippen LogP contribution >= 0.6 is 0 Å². The molecule has 5 aromatic rings. The summed E-state index contributed by atoms with van der Waals surface area (Å²) in [6.07, 6.45) is 0. The molecule has 5 rings (SSSR count). The maximum atomic E-state index is 11.8. The molecule has 0 aliphatic rings.